The predicted molar refractivity (Wildman–Crippen MR) is 109 cm³/mol. The minimum atomic E-state index is -1.15. The lowest BCUT2D eigenvalue weighted by Crippen LogP contribution is -2.54. The fourth-order valence-corrected chi connectivity index (χ4v) is 3.00. The number of aromatic carboxylic acids is 1. The third kappa shape index (κ3) is 4.04. The van der Waals surface area contributed by atoms with E-state index in [9.17, 15) is 19.2 Å². The van der Waals surface area contributed by atoms with Gasteiger partial charge < -0.3 is 19.3 Å². The Morgan fingerprint density at radius 2 is 1.55 bits per heavy atom. The largest absolute Gasteiger partial charge is 0.493 e. The minimum Gasteiger partial charge on any atom is -0.493 e. The van der Waals surface area contributed by atoms with Gasteiger partial charge in [-0.2, -0.15) is 0 Å². The summed E-state index contributed by atoms with van der Waals surface area (Å²) in [5.41, 5.74) is 0.174. The molecular weight excluding hydrogens is 408 g/mol. The predicted octanol–water partition coefficient (Wildman–Crippen LogP) is 2.08. The number of ether oxygens (including phenoxy) is 3. The maximum absolute atomic E-state index is 13.0. The summed E-state index contributed by atoms with van der Waals surface area (Å²) in [5.74, 6) is -1.93. The van der Waals surface area contributed by atoms with Crippen LogP contribution in [0, 0.1) is 0 Å². The third-order valence-electron chi connectivity index (χ3n) is 4.47. The minimum absolute atomic E-state index is 0.0159. The van der Waals surface area contributed by atoms with Crippen LogP contribution in [0.15, 0.2) is 42.0 Å². The number of nitrogens with zero attached hydrogens (tertiary/aromatic N) is 1. The molecule has 160 valence electrons. The highest BCUT2D eigenvalue weighted by atomic mass is 16.5. The molecule has 1 saturated heterocycles. The van der Waals surface area contributed by atoms with Crippen LogP contribution in [0.1, 0.15) is 15.9 Å². The summed E-state index contributed by atoms with van der Waals surface area (Å²) >= 11 is 0. The van der Waals surface area contributed by atoms with Crippen LogP contribution in [0.5, 0.6) is 17.2 Å². The molecule has 10 nitrogen and oxygen atoms in total. The Kier molecular flexibility index (Phi) is 5.91. The summed E-state index contributed by atoms with van der Waals surface area (Å²) < 4.78 is 15.8. The molecule has 2 aromatic carbocycles. The van der Waals surface area contributed by atoms with Crippen LogP contribution >= 0.6 is 0 Å². The summed E-state index contributed by atoms with van der Waals surface area (Å²) in [4.78, 5) is 49.4. The van der Waals surface area contributed by atoms with E-state index in [1.165, 1.54) is 63.8 Å². The standard InChI is InChI=1S/C21H18N2O8/c1-29-15-9-11(10-16(30-2)17(15)31-3)8-14-18(24)22-21(28)23(19(14)25)13-6-4-12(5-7-13)20(26)27/h4-10H,1-3H3,(H,26,27)(H,22,24,28)/b14-8+. The summed E-state index contributed by atoms with van der Waals surface area (Å²) in [6.45, 7) is 0. The highest BCUT2D eigenvalue weighted by Gasteiger charge is 2.37. The van der Waals surface area contributed by atoms with E-state index in [1.54, 1.807) is 0 Å². The van der Waals surface area contributed by atoms with Crippen molar-refractivity contribution in [2.24, 2.45) is 0 Å². The zero-order chi connectivity index (χ0) is 22.7. The smallest absolute Gasteiger partial charge is 0.335 e. The first-order valence-corrected chi connectivity index (χ1v) is 8.85. The fraction of sp³-hybridized carbons (Fsp3) is 0.143. The summed E-state index contributed by atoms with van der Waals surface area (Å²) in [7, 11) is 4.29. The average Bonchev–Trinajstić information content (AvgIpc) is 2.76. The van der Waals surface area contributed by atoms with E-state index in [2.05, 4.69) is 5.32 Å². The highest BCUT2D eigenvalue weighted by Crippen LogP contribution is 2.39. The van der Waals surface area contributed by atoms with Gasteiger partial charge in [0, 0.05) is 0 Å². The van der Waals surface area contributed by atoms with Crippen LogP contribution in [-0.2, 0) is 9.59 Å². The number of urea groups is 1. The number of barbiturate groups is 1. The number of rotatable bonds is 6. The quantitative estimate of drug-likeness (QED) is 0.530. The molecular formula is C21H18N2O8. The second kappa shape index (κ2) is 8.57. The monoisotopic (exact) mass is 426 g/mol. The number of hydrogen-bond acceptors (Lipinski definition) is 7. The van der Waals surface area contributed by atoms with Gasteiger partial charge in [-0.25, -0.2) is 14.5 Å². The van der Waals surface area contributed by atoms with Gasteiger partial charge >= 0.3 is 12.0 Å². The lowest BCUT2D eigenvalue weighted by atomic mass is 10.1. The van der Waals surface area contributed by atoms with Crippen molar-refractivity contribution >= 4 is 35.6 Å². The molecule has 4 amide bonds. The van der Waals surface area contributed by atoms with Crippen molar-refractivity contribution in [3.05, 3.63) is 53.1 Å². The van der Waals surface area contributed by atoms with Crippen LogP contribution < -0.4 is 24.4 Å². The van der Waals surface area contributed by atoms with Crippen LogP contribution in [0.2, 0.25) is 0 Å². The maximum atomic E-state index is 13.0. The van der Waals surface area contributed by atoms with Gasteiger partial charge in [0.15, 0.2) is 11.5 Å². The number of carboxylic acid groups (broad SMARTS) is 1. The van der Waals surface area contributed by atoms with Gasteiger partial charge in [-0.15, -0.1) is 0 Å². The normalized spacial score (nSPS) is 15.0. The Morgan fingerprint density at radius 3 is 2.03 bits per heavy atom. The average molecular weight is 426 g/mol. The number of benzene rings is 2. The maximum Gasteiger partial charge on any atom is 0.335 e. The second-order valence-corrected chi connectivity index (χ2v) is 6.27. The molecule has 1 aliphatic heterocycles. The SMILES string of the molecule is COc1cc(/C=C2\C(=O)NC(=O)N(c3ccc(C(=O)O)cc3)C2=O)cc(OC)c1OC. The van der Waals surface area contributed by atoms with Gasteiger partial charge in [-0.3, -0.25) is 14.9 Å². The molecule has 0 radical (unpaired) electrons. The van der Waals surface area contributed by atoms with E-state index in [0.29, 0.717) is 22.8 Å². The van der Waals surface area contributed by atoms with Gasteiger partial charge in [0.05, 0.1) is 32.6 Å². The summed E-state index contributed by atoms with van der Waals surface area (Å²) in [6.07, 6.45) is 1.28. The van der Waals surface area contributed by atoms with Crippen molar-refractivity contribution < 1.29 is 38.5 Å². The molecule has 1 aliphatic rings. The van der Waals surface area contributed by atoms with Crippen molar-refractivity contribution in [1.82, 2.24) is 5.32 Å². The van der Waals surface area contributed by atoms with Crippen LogP contribution in [0.3, 0.4) is 0 Å². The number of carbonyl (C=O) groups excluding carboxylic acids is 3. The number of anilines is 1. The summed E-state index contributed by atoms with van der Waals surface area (Å²) in [5, 5.41) is 11.1. The van der Waals surface area contributed by atoms with Crippen molar-refractivity contribution in [3.63, 3.8) is 0 Å². The van der Waals surface area contributed by atoms with Crippen molar-refractivity contribution in [3.8, 4) is 17.2 Å². The van der Waals surface area contributed by atoms with Crippen LogP contribution in [0.25, 0.3) is 6.08 Å². The first-order chi connectivity index (χ1) is 14.8. The van der Waals surface area contributed by atoms with E-state index < -0.39 is 23.8 Å². The number of imide groups is 2. The van der Waals surface area contributed by atoms with E-state index in [-0.39, 0.29) is 16.8 Å². The first kappa shape index (κ1) is 21.4. The number of amides is 4. The molecule has 31 heavy (non-hydrogen) atoms. The molecule has 0 saturated carbocycles. The Balaban J connectivity index is 2.04. The Morgan fingerprint density at radius 1 is 0.968 bits per heavy atom. The van der Waals surface area contributed by atoms with Crippen molar-refractivity contribution in [2.45, 2.75) is 0 Å². The van der Waals surface area contributed by atoms with Crippen LogP contribution in [0.4, 0.5) is 10.5 Å². The second-order valence-electron chi connectivity index (χ2n) is 6.27. The molecule has 3 rings (SSSR count). The fourth-order valence-electron chi connectivity index (χ4n) is 3.00. The highest BCUT2D eigenvalue weighted by molar-refractivity contribution is 6.39. The molecule has 1 heterocycles. The Bertz CT molecular complexity index is 1080. The molecule has 2 N–H and O–H groups in total. The Hall–Kier alpha value is -4.34. The Labute approximate surface area is 176 Å². The van der Waals surface area contributed by atoms with Crippen LogP contribution in [-0.4, -0.2) is 50.3 Å². The number of carboxylic acids is 1. The topological polar surface area (TPSA) is 131 Å². The number of nitrogens with one attached hydrogen (secondary N) is 1. The molecule has 0 unspecified atom stereocenters. The van der Waals surface area contributed by atoms with Crippen molar-refractivity contribution in [1.29, 1.82) is 0 Å². The van der Waals surface area contributed by atoms with E-state index in [4.69, 9.17) is 19.3 Å². The van der Waals surface area contributed by atoms with Gasteiger partial charge in [0.1, 0.15) is 5.57 Å². The number of carbonyl (C=O) groups is 4. The zero-order valence-electron chi connectivity index (χ0n) is 16.8. The molecule has 0 atom stereocenters. The lowest BCUT2D eigenvalue weighted by Gasteiger charge is -2.26. The van der Waals surface area contributed by atoms with E-state index >= 15 is 0 Å². The lowest BCUT2D eigenvalue weighted by molar-refractivity contribution is -0.122. The van der Waals surface area contributed by atoms with Gasteiger partial charge in [-0.1, -0.05) is 0 Å². The van der Waals surface area contributed by atoms with Crippen molar-refractivity contribution in [2.75, 3.05) is 26.2 Å². The summed E-state index contributed by atoms with van der Waals surface area (Å²) in [6, 6.07) is 7.23. The zero-order valence-corrected chi connectivity index (χ0v) is 16.8. The van der Waals surface area contributed by atoms with Gasteiger partial charge in [0.25, 0.3) is 11.8 Å². The van der Waals surface area contributed by atoms with E-state index in [1.807, 2.05) is 0 Å². The molecule has 2 aromatic rings. The van der Waals surface area contributed by atoms with E-state index in [0.717, 1.165) is 4.90 Å². The molecule has 0 bridgehead atoms. The molecule has 1 fully saturated rings. The molecule has 10 heteroatoms. The third-order valence-corrected chi connectivity index (χ3v) is 4.47. The molecule has 0 aliphatic carbocycles. The molecule has 0 aromatic heterocycles. The van der Waals surface area contributed by atoms with Gasteiger partial charge in [-0.05, 0) is 48.0 Å². The first-order valence-electron chi connectivity index (χ1n) is 8.85. The number of methoxy groups -OCH3 is 3. The number of hydrogen-bond donors (Lipinski definition) is 2. The molecule has 0 spiro atoms. The van der Waals surface area contributed by atoms with Gasteiger partial charge in [0.2, 0.25) is 5.75 Å².